The second kappa shape index (κ2) is 7.70. The molecule has 0 bridgehead atoms. The number of hydrogen-bond acceptors (Lipinski definition) is 4. The topological polar surface area (TPSA) is 92.4 Å². The minimum atomic E-state index is -0.918. The van der Waals surface area contributed by atoms with Gasteiger partial charge in [-0.2, -0.15) is 0 Å². The highest BCUT2D eigenvalue weighted by molar-refractivity contribution is 5.73. The van der Waals surface area contributed by atoms with Crippen LogP contribution in [-0.4, -0.2) is 36.5 Å². The molecule has 0 aliphatic rings. The molecule has 0 aromatic carbocycles. The second-order valence-corrected chi connectivity index (χ2v) is 2.73. The molecule has 0 amide bonds. The molecule has 0 heterocycles. The number of aldehydes is 1. The Hall–Kier alpha value is -0.940. The number of aliphatic carboxylic acids is 1. The Balaban J connectivity index is 3.66. The Morgan fingerprint density at radius 3 is 2.77 bits per heavy atom. The molecule has 0 aromatic heterocycles. The maximum atomic E-state index is 10.6. The Labute approximate surface area is 77.3 Å². The van der Waals surface area contributed by atoms with Gasteiger partial charge in [0.25, 0.3) is 0 Å². The van der Waals surface area contributed by atoms with Gasteiger partial charge in [0.1, 0.15) is 12.3 Å². The van der Waals surface area contributed by atoms with Crippen LogP contribution in [0.3, 0.4) is 0 Å². The van der Waals surface area contributed by atoms with Gasteiger partial charge in [0.05, 0.1) is 0 Å². The van der Waals surface area contributed by atoms with Gasteiger partial charge in [-0.3, -0.25) is 4.79 Å². The molecule has 76 valence electrons. The van der Waals surface area contributed by atoms with Crippen molar-refractivity contribution in [3.05, 3.63) is 0 Å². The average molecular weight is 188 g/mol. The first-order valence-electron chi connectivity index (χ1n) is 4.32. The second-order valence-electron chi connectivity index (χ2n) is 2.73. The molecule has 5 nitrogen and oxygen atoms in total. The Bertz CT molecular complexity index is 161. The van der Waals surface area contributed by atoms with Crippen molar-refractivity contribution >= 4 is 12.3 Å². The number of hydrogen-bond donors (Lipinski definition) is 3. The van der Waals surface area contributed by atoms with E-state index in [0.717, 1.165) is 12.7 Å². The van der Waals surface area contributed by atoms with Crippen molar-refractivity contribution in [3.63, 3.8) is 0 Å². The van der Waals surface area contributed by atoms with Crippen LogP contribution in [0.1, 0.15) is 19.3 Å². The van der Waals surface area contributed by atoms with Gasteiger partial charge >= 0.3 is 5.97 Å². The fraction of sp³-hybridized carbons (Fsp3) is 0.750. The minimum absolute atomic E-state index is 0.270. The number of carbonyl (C=O) groups excluding carboxylic acids is 1. The fourth-order valence-electron chi connectivity index (χ4n) is 0.926. The SMILES string of the molecule is NCCCNC(CCC=O)C(=O)O. The van der Waals surface area contributed by atoms with Crippen molar-refractivity contribution in [2.24, 2.45) is 5.73 Å². The summed E-state index contributed by atoms with van der Waals surface area (Å²) in [7, 11) is 0. The molecule has 0 aromatic rings. The van der Waals surface area contributed by atoms with Crippen LogP contribution in [0.25, 0.3) is 0 Å². The summed E-state index contributed by atoms with van der Waals surface area (Å²) < 4.78 is 0. The maximum absolute atomic E-state index is 10.6. The van der Waals surface area contributed by atoms with E-state index in [2.05, 4.69) is 5.32 Å². The molecule has 5 heteroatoms. The van der Waals surface area contributed by atoms with Gasteiger partial charge in [-0.25, -0.2) is 0 Å². The largest absolute Gasteiger partial charge is 0.480 e. The molecule has 0 saturated carbocycles. The first-order valence-corrected chi connectivity index (χ1v) is 4.32. The molecule has 1 unspecified atom stereocenters. The zero-order valence-corrected chi connectivity index (χ0v) is 7.53. The van der Waals surface area contributed by atoms with Crippen molar-refractivity contribution in [3.8, 4) is 0 Å². The number of nitrogens with one attached hydrogen (secondary N) is 1. The Morgan fingerprint density at radius 2 is 2.31 bits per heavy atom. The third kappa shape index (κ3) is 6.24. The van der Waals surface area contributed by atoms with E-state index < -0.39 is 12.0 Å². The predicted octanol–water partition coefficient (Wildman–Crippen LogP) is -0.643. The highest BCUT2D eigenvalue weighted by Crippen LogP contribution is 1.95. The van der Waals surface area contributed by atoms with E-state index in [1.54, 1.807) is 0 Å². The highest BCUT2D eigenvalue weighted by Gasteiger charge is 2.14. The lowest BCUT2D eigenvalue weighted by atomic mass is 10.1. The van der Waals surface area contributed by atoms with Gasteiger partial charge in [-0.1, -0.05) is 0 Å². The summed E-state index contributed by atoms with van der Waals surface area (Å²) in [6, 6.07) is -0.628. The lowest BCUT2D eigenvalue weighted by molar-refractivity contribution is -0.139. The normalized spacial score (nSPS) is 12.4. The van der Waals surface area contributed by atoms with Crippen LogP contribution in [-0.2, 0) is 9.59 Å². The summed E-state index contributed by atoms with van der Waals surface area (Å²) >= 11 is 0. The van der Waals surface area contributed by atoms with Crippen LogP contribution < -0.4 is 11.1 Å². The number of carbonyl (C=O) groups is 2. The fourth-order valence-corrected chi connectivity index (χ4v) is 0.926. The van der Waals surface area contributed by atoms with Gasteiger partial charge in [0, 0.05) is 6.42 Å². The van der Waals surface area contributed by atoms with Crippen molar-refractivity contribution in [1.29, 1.82) is 0 Å². The zero-order valence-electron chi connectivity index (χ0n) is 7.53. The van der Waals surface area contributed by atoms with E-state index in [-0.39, 0.29) is 6.42 Å². The number of carboxylic acid groups (broad SMARTS) is 1. The van der Waals surface area contributed by atoms with Gasteiger partial charge in [0.15, 0.2) is 0 Å². The quantitative estimate of drug-likeness (QED) is 0.348. The smallest absolute Gasteiger partial charge is 0.320 e. The molecule has 0 aliphatic carbocycles. The Kier molecular flexibility index (Phi) is 7.14. The summed E-state index contributed by atoms with van der Waals surface area (Å²) in [5.74, 6) is -0.918. The molecule has 13 heavy (non-hydrogen) atoms. The first kappa shape index (κ1) is 12.1. The molecular formula is C8H16N2O3. The highest BCUT2D eigenvalue weighted by atomic mass is 16.4. The van der Waals surface area contributed by atoms with Crippen LogP contribution in [0.5, 0.6) is 0 Å². The summed E-state index contributed by atoms with van der Waals surface area (Å²) in [6.45, 7) is 1.11. The van der Waals surface area contributed by atoms with Gasteiger partial charge in [-0.15, -0.1) is 0 Å². The van der Waals surface area contributed by atoms with Gasteiger partial charge < -0.3 is 21.0 Å². The van der Waals surface area contributed by atoms with Gasteiger partial charge in [0.2, 0.25) is 0 Å². The summed E-state index contributed by atoms with van der Waals surface area (Å²) in [4.78, 5) is 20.6. The molecule has 0 radical (unpaired) electrons. The predicted molar refractivity (Wildman–Crippen MR) is 48.4 cm³/mol. The zero-order chi connectivity index (χ0) is 10.1. The lowest BCUT2D eigenvalue weighted by Gasteiger charge is -2.12. The minimum Gasteiger partial charge on any atom is -0.480 e. The number of rotatable bonds is 8. The molecule has 0 rings (SSSR count). The molecule has 0 saturated heterocycles. The van der Waals surface area contributed by atoms with Crippen LogP contribution in [0.15, 0.2) is 0 Å². The molecule has 0 aliphatic heterocycles. The standard InChI is InChI=1S/C8H16N2O3/c9-4-2-5-10-7(8(12)13)3-1-6-11/h6-7,10H,1-5,9H2,(H,12,13). The van der Waals surface area contributed by atoms with E-state index in [4.69, 9.17) is 10.8 Å². The third-order valence-corrected chi connectivity index (χ3v) is 1.64. The third-order valence-electron chi connectivity index (χ3n) is 1.64. The molecule has 4 N–H and O–H groups in total. The number of carboxylic acids is 1. The van der Waals surface area contributed by atoms with Crippen molar-refractivity contribution < 1.29 is 14.7 Å². The monoisotopic (exact) mass is 188 g/mol. The van der Waals surface area contributed by atoms with Crippen molar-refractivity contribution in [1.82, 2.24) is 5.32 Å². The van der Waals surface area contributed by atoms with Gasteiger partial charge in [-0.05, 0) is 25.9 Å². The van der Waals surface area contributed by atoms with Crippen molar-refractivity contribution in [2.45, 2.75) is 25.3 Å². The van der Waals surface area contributed by atoms with Crippen LogP contribution >= 0.6 is 0 Å². The van der Waals surface area contributed by atoms with E-state index in [1.807, 2.05) is 0 Å². The lowest BCUT2D eigenvalue weighted by Crippen LogP contribution is -2.37. The van der Waals surface area contributed by atoms with E-state index in [9.17, 15) is 9.59 Å². The van der Waals surface area contributed by atoms with Crippen LogP contribution in [0, 0.1) is 0 Å². The average Bonchev–Trinajstić information content (AvgIpc) is 2.10. The van der Waals surface area contributed by atoms with Crippen molar-refractivity contribution in [2.75, 3.05) is 13.1 Å². The summed E-state index contributed by atoms with van der Waals surface area (Å²) in [5.41, 5.74) is 5.25. The van der Waals surface area contributed by atoms with Crippen LogP contribution in [0.4, 0.5) is 0 Å². The number of nitrogens with two attached hydrogens (primary N) is 1. The summed E-state index contributed by atoms with van der Waals surface area (Å²) in [5, 5.41) is 11.5. The first-order chi connectivity index (χ1) is 6.22. The molecule has 0 spiro atoms. The van der Waals surface area contributed by atoms with E-state index in [0.29, 0.717) is 19.5 Å². The maximum Gasteiger partial charge on any atom is 0.320 e. The van der Waals surface area contributed by atoms with E-state index >= 15 is 0 Å². The summed E-state index contributed by atoms with van der Waals surface area (Å²) in [6.07, 6.45) is 2.07. The Morgan fingerprint density at radius 1 is 1.62 bits per heavy atom. The van der Waals surface area contributed by atoms with E-state index in [1.165, 1.54) is 0 Å². The molecular weight excluding hydrogens is 172 g/mol. The molecule has 0 fully saturated rings. The molecule has 1 atom stereocenters. The van der Waals surface area contributed by atoms with Crippen LogP contribution in [0.2, 0.25) is 0 Å².